The molecule has 0 unspecified atom stereocenters. The lowest BCUT2D eigenvalue weighted by Gasteiger charge is -2.07. The molecule has 2 heteroatoms. The fourth-order valence-corrected chi connectivity index (χ4v) is 2.38. The Balaban J connectivity index is 2.00. The van der Waals surface area contributed by atoms with Crippen LogP contribution >= 0.6 is 0 Å². The number of nitrogens with two attached hydrogens (primary N) is 1. The number of hydrogen-bond acceptors (Lipinski definition) is 2. The summed E-state index contributed by atoms with van der Waals surface area (Å²) < 4.78 is 0. The Morgan fingerprint density at radius 3 is 2.25 bits per heavy atom. The van der Waals surface area contributed by atoms with Crippen molar-refractivity contribution < 1.29 is 0 Å². The van der Waals surface area contributed by atoms with Crippen LogP contribution in [0.4, 0.5) is 0 Å². The molecule has 0 amide bonds. The van der Waals surface area contributed by atoms with Crippen molar-refractivity contribution in [2.24, 2.45) is 11.7 Å². The molecule has 0 aliphatic carbocycles. The SMILES string of the molecule is CC(C)CCCCCCNCc1ccc(CCN)cc1. The largest absolute Gasteiger partial charge is 0.330 e. The Bertz CT molecular complexity index is 330. The number of unbranched alkanes of at least 4 members (excludes halogenated alkanes) is 3. The van der Waals surface area contributed by atoms with E-state index in [4.69, 9.17) is 5.73 Å². The molecular formula is C18H32N2. The molecule has 114 valence electrons. The highest BCUT2D eigenvalue weighted by atomic mass is 14.8. The van der Waals surface area contributed by atoms with Gasteiger partial charge in [-0.15, -0.1) is 0 Å². The van der Waals surface area contributed by atoms with Gasteiger partial charge in [0.1, 0.15) is 0 Å². The molecule has 0 saturated heterocycles. The van der Waals surface area contributed by atoms with Crippen LogP contribution in [-0.4, -0.2) is 13.1 Å². The zero-order valence-corrected chi connectivity index (χ0v) is 13.3. The molecule has 2 nitrogen and oxygen atoms in total. The van der Waals surface area contributed by atoms with E-state index in [9.17, 15) is 0 Å². The molecule has 0 fully saturated rings. The minimum Gasteiger partial charge on any atom is -0.330 e. The lowest BCUT2D eigenvalue weighted by molar-refractivity contribution is 0.512. The normalized spacial score (nSPS) is 11.2. The predicted molar refractivity (Wildman–Crippen MR) is 88.8 cm³/mol. The minimum absolute atomic E-state index is 0.731. The lowest BCUT2D eigenvalue weighted by Crippen LogP contribution is -2.14. The van der Waals surface area contributed by atoms with E-state index in [1.165, 1.54) is 43.2 Å². The molecule has 0 spiro atoms. The van der Waals surface area contributed by atoms with E-state index in [1.807, 2.05) is 0 Å². The summed E-state index contributed by atoms with van der Waals surface area (Å²) in [5, 5.41) is 3.53. The van der Waals surface area contributed by atoms with E-state index in [0.717, 1.165) is 32.0 Å². The molecule has 0 heterocycles. The third kappa shape index (κ3) is 8.34. The Kier molecular flexibility index (Phi) is 9.35. The lowest BCUT2D eigenvalue weighted by atomic mass is 10.0. The first kappa shape index (κ1) is 17.2. The van der Waals surface area contributed by atoms with Gasteiger partial charge in [0.2, 0.25) is 0 Å². The van der Waals surface area contributed by atoms with Crippen molar-refractivity contribution in [1.29, 1.82) is 0 Å². The Morgan fingerprint density at radius 1 is 0.950 bits per heavy atom. The summed E-state index contributed by atoms with van der Waals surface area (Å²) in [5.41, 5.74) is 8.25. The van der Waals surface area contributed by atoms with Crippen LogP contribution in [0, 0.1) is 5.92 Å². The van der Waals surface area contributed by atoms with Gasteiger partial charge in [-0.2, -0.15) is 0 Å². The van der Waals surface area contributed by atoms with Crippen LogP contribution in [0.5, 0.6) is 0 Å². The first-order valence-electron chi connectivity index (χ1n) is 8.21. The summed E-state index contributed by atoms with van der Waals surface area (Å²) in [6, 6.07) is 8.80. The van der Waals surface area contributed by atoms with Crippen molar-refractivity contribution in [3.63, 3.8) is 0 Å². The molecule has 1 aromatic rings. The van der Waals surface area contributed by atoms with E-state index in [0.29, 0.717) is 0 Å². The maximum atomic E-state index is 5.55. The highest BCUT2D eigenvalue weighted by Gasteiger charge is 1.96. The first-order chi connectivity index (χ1) is 9.72. The average molecular weight is 276 g/mol. The summed E-state index contributed by atoms with van der Waals surface area (Å²) >= 11 is 0. The van der Waals surface area contributed by atoms with Gasteiger partial charge in [-0.25, -0.2) is 0 Å². The number of benzene rings is 1. The van der Waals surface area contributed by atoms with Crippen LogP contribution in [0.2, 0.25) is 0 Å². The van der Waals surface area contributed by atoms with Crippen molar-refractivity contribution >= 4 is 0 Å². The summed E-state index contributed by atoms with van der Waals surface area (Å²) in [6.07, 6.45) is 7.78. The smallest absolute Gasteiger partial charge is 0.0205 e. The summed E-state index contributed by atoms with van der Waals surface area (Å²) in [4.78, 5) is 0. The molecular weight excluding hydrogens is 244 g/mol. The average Bonchev–Trinajstić information content (AvgIpc) is 2.43. The van der Waals surface area contributed by atoms with E-state index in [-0.39, 0.29) is 0 Å². The quantitative estimate of drug-likeness (QED) is 0.602. The fourth-order valence-electron chi connectivity index (χ4n) is 2.38. The standard InChI is InChI=1S/C18H32N2/c1-16(2)7-5-3-4-6-14-20-15-18-10-8-17(9-11-18)12-13-19/h8-11,16,20H,3-7,12-15,19H2,1-2H3. The van der Waals surface area contributed by atoms with Crippen molar-refractivity contribution in [3.8, 4) is 0 Å². The molecule has 0 atom stereocenters. The molecule has 0 bridgehead atoms. The summed E-state index contributed by atoms with van der Waals surface area (Å²) in [5.74, 6) is 0.857. The molecule has 1 rings (SSSR count). The predicted octanol–water partition coefficient (Wildman–Crippen LogP) is 3.88. The molecule has 20 heavy (non-hydrogen) atoms. The molecule has 0 aliphatic rings. The number of nitrogens with one attached hydrogen (secondary N) is 1. The maximum Gasteiger partial charge on any atom is 0.0205 e. The molecule has 3 N–H and O–H groups in total. The summed E-state index contributed by atoms with van der Waals surface area (Å²) in [6.45, 7) is 7.45. The zero-order valence-electron chi connectivity index (χ0n) is 13.3. The van der Waals surface area contributed by atoms with Gasteiger partial charge >= 0.3 is 0 Å². The monoisotopic (exact) mass is 276 g/mol. The highest BCUT2D eigenvalue weighted by molar-refractivity contribution is 5.22. The minimum atomic E-state index is 0.731. The van der Waals surface area contributed by atoms with Crippen LogP contribution in [0.3, 0.4) is 0 Å². The van der Waals surface area contributed by atoms with E-state index >= 15 is 0 Å². The number of rotatable bonds is 11. The number of hydrogen-bond donors (Lipinski definition) is 2. The fraction of sp³-hybridized carbons (Fsp3) is 0.667. The Labute approximate surface area is 125 Å². The Morgan fingerprint density at radius 2 is 1.60 bits per heavy atom. The third-order valence-corrected chi connectivity index (χ3v) is 3.67. The van der Waals surface area contributed by atoms with Gasteiger partial charge in [0.15, 0.2) is 0 Å². The van der Waals surface area contributed by atoms with Crippen LogP contribution < -0.4 is 11.1 Å². The van der Waals surface area contributed by atoms with Crippen molar-refractivity contribution in [2.45, 2.75) is 58.9 Å². The first-order valence-corrected chi connectivity index (χ1v) is 8.21. The second-order valence-electron chi connectivity index (χ2n) is 6.13. The Hall–Kier alpha value is -0.860. The molecule has 0 aromatic heterocycles. The molecule has 1 aromatic carbocycles. The second-order valence-corrected chi connectivity index (χ2v) is 6.13. The third-order valence-electron chi connectivity index (χ3n) is 3.67. The van der Waals surface area contributed by atoms with E-state index in [1.54, 1.807) is 0 Å². The molecule has 0 radical (unpaired) electrons. The van der Waals surface area contributed by atoms with Gasteiger partial charge in [0, 0.05) is 6.54 Å². The van der Waals surface area contributed by atoms with Crippen LogP contribution in [-0.2, 0) is 13.0 Å². The second kappa shape index (κ2) is 10.9. The van der Waals surface area contributed by atoms with Gasteiger partial charge in [0.05, 0.1) is 0 Å². The maximum absolute atomic E-state index is 5.55. The topological polar surface area (TPSA) is 38.0 Å². The van der Waals surface area contributed by atoms with Gasteiger partial charge < -0.3 is 11.1 Å². The van der Waals surface area contributed by atoms with E-state index in [2.05, 4.69) is 43.4 Å². The van der Waals surface area contributed by atoms with Gasteiger partial charge in [-0.3, -0.25) is 0 Å². The van der Waals surface area contributed by atoms with Gasteiger partial charge in [-0.05, 0) is 43.0 Å². The van der Waals surface area contributed by atoms with Gasteiger partial charge in [0.25, 0.3) is 0 Å². The van der Waals surface area contributed by atoms with Crippen molar-refractivity contribution in [1.82, 2.24) is 5.32 Å². The van der Waals surface area contributed by atoms with Crippen LogP contribution in [0.1, 0.15) is 57.1 Å². The zero-order chi connectivity index (χ0) is 14.6. The van der Waals surface area contributed by atoms with Crippen molar-refractivity contribution in [3.05, 3.63) is 35.4 Å². The molecule has 0 aliphatic heterocycles. The molecule has 0 saturated carbocycles. The van der Waals surface area contributed by atoms with Crippen LogP contribution in [0.15, 0.2) is 24.3 Å². The van der Waals surface area contributed by atoms with Crippen molar-refractivity contribution in [2.75, 3.05) is 13.1 Å². The van der Waals surface area contributed by atoms with E-state index < -0.39 is 0 Å². The highest BCUT2D eigenvalue weighted by Crippen LogP contribution is 2.09. The summed E-state index contributed by atoms with van der Waals surface area (Å²) in [7, 11) is 0. The van der Waals surface area contributed by atoms with Crippen LogP contribution in [0.25, 0.3) is 0 Å². The van der Waals surface area contributed by atoms with Gasteiger partial charge in [-0.1, -0.05) is 63.8 Å².